The molecule has 2 aromatic carbocycles. The minimum atomic E-state index is -0.718. The van der Waals surface area contributed by atoms with Crippen molar-refractivity contribution in [3.05, 3.63) is 70.6 Å². The summed E-state index contributed by atoms with van der Waals surface area (Å²) < 4.78 is 26.6. The zero-order valence-corrected chi connectivity index (χ0v) is 14.5. The first-order valence-electron chi connectivity index (χ1n) is 8.13. The Morgan fingerprint density at radius 3 is 2.77 bits per heavy atom. The third-order valence-corrected chi connectivity index (χ3v) is 5.10. The van der Waals surface area contributed by atoms with Gasteiger partial charge >= 0.3 is 0 Å². The number of nitrogens with one attached hydrogen (secondary N) is 1. The molecule has 0 spiro atoms. The Morgan fingerprint density at radius 1 is 1.19 bits per heavy atom. The maximum absolute atomic E-state index is 13.6. The van der Waals surface area contributed by atoms with Crippen LogP contribution in [0.25, 0.3) is 5.70 Å². The lowest BCUT2D eigenvalue weighted by Crippen LogP contribution is -2.20. The first-order chi connectivity index (χ1) is 12.6. The standard InChI is InChI=1S/C19H15F2N3OS/c20-14-4-1-13(16(21)10-14)9-18(25)23-15-5-2-12(3-6-15)17-11-26-19-22-7-8-24(17)19/h1-6,10-11H,7-9H2,(H,23,25). The summed E-state index contributed by atoms with van der Waals surface area (Å²) in [5.74, 6) is -1.73. The van der Waals surface area contributed by atoms with Crippen LogP contribution in [0.1, 0.15) is 11.1 Å². The van der Waals surface area contributed by atoms with Gasteiger partial charge in [0.15, 0.2) is 5.17 Å². The van der Waals surface area contributed by atoms with Crippen LogP contribution in [0, 0.1) is 11.6 Å². The Balaban J connectivity index is 1.41. The molecule has 0 aliphatic carbocycles. The van der Waals surface area contributed by atoms with Crippen molar-refractivity contribution in [2.24, 2.45) is 4.99 Å². The molecule has 2 aromatic rings. The van der Waals surface area contributed by atoms with Gasteiger partial charge in [0.2, 0.25) is 5.91 Å². The number of nitrogens with zero attached hydrogens (tertiary/aromatic N) is 2. The maximum Gasteiger partial charge on any atom is 0.228 e. The van der Waals surface area contributed by atoms with Crippen LogP contribution < -0.4 is 5.32 Å². The average molecular weight is 371 g/mol. The SMILES string of the molecule is O=C(Cc1ccc(F)cc1F)Nc1ccc(C2=CSC3=NCCN23)cc1. The number of hydrogen-bond acceptors (Lipinski definition) is 4. The average Bonchev–Trinajstić information content (AvgIpc) is 3.22. The van der Waals surface area contributed by atoms with Gasteiger partial charge in [0.25, 0.3) is 0 Å². The van der Waals surface area contributed by atoms with Crippen LogP contribution in [-0.4, -0.2) is 29.1 Å². The van der Waals surface area contributed by atoms with Gasteiger partial charge in [-0.15, -0.1) is 0 Å². The highest BCUT2D eigenvalue weighted by Crippen LogP contribution is 2.35. The number of rotatable bonds is 4. The second-order valence-electron chi connectivity index (χ2n) is 5.97. The van der Waals surface area contributed by atoms with Gasteiger partial charge in [-0.05, 0) is 29.3 Å². The van der Waals surface area contributed by atoms with Crippen LogP contribution in [-0.2, 0) is 11.2 Å². The Kier molecular flexibility index (Phi) is 4.46. The molecular weight excluding hydrogens is 356 g/mol. The Morgan fingerprint density at radius 2 is 2.00 bits per heavy atom. The minimum absolute atomic E-state index is 0.150. The number of carbonyl (C=O) groups is 1. The second kappa shape index (κ2) is 6.92. The van der Waals surface area contributed by atoms with Crippen LogP contribution in [0.15, 0.2) is 52.9 Å². The van der Waals surface area contributed by atoms with Crippen molar-refractivity contribution < 1.29 is 13.6 Å². The first kappa shape index (κ1) is 16.8. The van der Waals surface area contributed by atoms with Crippen LogP contribution in [0.3, 0.4) is 0 Å². The molecule has 4 nitrogen and oxygen atoms in total. The molecule has 132 valence electrons. The van der Waals surface area contributed by atoms with Gasteiger partial charge in [-0.1, -0.05) is 30.0 Å². The zero-order valence-electron chi connectivity index (χ0n) is 13.7. The Bertz CT molecular complexity index is 925. The molecule has 26 heavy (non-hydrogen) atoms. The lowest BCUT2D eigenvalue weighted by Gasteiger charge is -2.17. The van der Waals surface area contributed by atoms with Crippen molar-refractivity contribution in [1.82, 2.24) is 4.90 Å². The number of aliphatic imine (C=N–C) groups is 1. The maximum atomic E-state index is 13.6. The summed E-state index contributed by atoms with van der Waals surface area (Å²) in [6.07, 6.45) is -0.150. The topological polar surface area (TPSA) is 44.7 Å². The number of anilines is 1. The number of amidine groups is 1. The number of amides is 1. The van der Waals surface area contributed by atoms with E-state index in [1.807, 2.05) is 24.3 Å². The minimum Gasteiger partial charge on any atom is -0.326 e. The molecule has 0 atom stereocenters. The van der Waals surface area contributed by atoms with Crippen molar-refractivity contribution in [2.75, 3.05) is 18.4 Å². The van der Waals surface area contributed by atoms with Crippen LogP contribution in [0.4, 0.5) is 14.5 Å². The lowest BCUT2D eigenvalue weighted by molar-refractivity contribution is -0.115. The van der Waals surface area contributed by atoms with Crippen molar-refractivity contribution in [3.8, 4) is 0 Å². The van der Waals surface area contributed by atoms with E-state index in [1.54, 1.807) is 11.8 Å². The monoisotopic (exact) mass is 371 g/mol. The molecule has 0 radical (unpaired) electrons. The predicted molar refractivity (Wildman–Crippen MR) is 99.7 cm³/mol. The summed E-state index contributed by atoms with van der Waals surface area (Å²) in [6, 6.07) is 10.7. The van der Waals surface area contributed by atoms with Crippen molar-refractivity contribution in [3.63, 3.8) is 0 Å². The van der Waals surface area contributed by atoms with E-state index < -0.39 is 11.6 Å². The van der Waals surface area contributed by atoms with Gasteiger partial charge in [0.05, 0.1) is 18.7 Å². The summed E-state index contributed by atoms with van der Waals surface area (Å²) in [4.78, 5) is 18.7. The highest BCUT2D eigenvalue weighted by Gasteiger charge is 2.26. The number of halogens is 2. The van der Waals surface area contributed by atoms with E-state index in [-0.39, 0.29) is 17.9 Å². The summed E-state index contributed by atoms with van der Waals surface area (Å²) in [5.41, 5.74) is 2.95. The largest absolute Gasteiger partial charge is 0.326 e. The van der Waals surface area contributed by atoms with Crippen LogP contribution in [0.5, 0.6) is 0 Å². The number of benzene rings is 2. The van der Waals surface area contributed by atoms with E-state index in [9.17, 15) is 13.6 Å². The summed E-state index contributed by atoms with van der Waals surface area (Å²) >= 11 is 1.62. The molecule has 0 saturated heterocycles. The Labute approximate surface area is 153 Å². The molecule has 7 heteroatoms. The number of thioether (sulfide) groups is 1. The van der Waals surface area contributed by atoms with Gasteiger partial charge in [-0.3, -0.25) is 9.79 Å². The number of hydrogen-bond donors (Lipinski definition) is 1. The van der Waals surface area contributed by atoms with E-state index in [1.165, 1.54) is 6.07 Å². The normalized spacial score (nSPS) is 15.5. The van der Waals surface area contributed by atoms with Gasteiger partial charge in [0, 0.05) is 23.7 Å². The quantitative estimate of drug-likeness (QED) is 0.888. The molecule has 0 fully saturated rings. The summed E-state index contributed by atoms with van der Waals surface area (Å²) in [6.45, 7) is 1.70. The summed E-state index contributed by atoms with van der Waals surface area (Å²) in [7, 11) is 0. The molecule has 0 bridgehead atoms. The van der Waals surface area contributed by atoms with E-state index in [0.29, 0.717) is 5.69 Å². The van der Waals surface area contributed by atoms with Gasteiger partial charge in [-0.25, -0.2) is 8.78 Å². The molecule has 1 amide bonds. The highest BCUT2D eigenvalue weighted by molar-refractivity contribution is 8.16. The molecule has 0 saturated carbocycles. The number of fused-ring (bicyclic) bond motifs is 1. The third kappa shape index (κ3) is 3.35. The molecular formula is C19H15F2N3OS. The molecule has 2 heterocycles. The van der Waals surface area contributed by atoms with Crippen molar-refractivity contribution in [2.45, 2.75) is 6.42 Å². The molecule has 0 aromatic heterocycles. The van der Waals surface area contributed by atoms with Crippen molar-refractivity contribution in [1.29, 1.82) is 0 Å². The zero-order chi connectivity index (χ0) is 18.1. The first-order valence-corrected chi connectivity index (χ1v) is 9.01. The molecule has 0 unspecified atom stereocenters. The predicted octanol–water partition coefficient (Wildman–Crippen LogP) is 3.86. The van der Waals surface area contributed by atoms with Crippen molar-refractivity contribution >= 4 is 34.2 Å². The Hall–Kier alpha value is -2.67. The van der Waals surface area contributed by atoms with Crippen LogP contribution in [0.2, 0.25) is 0 Å². The fourth-order valence-electron chi connectivity index (χ4n) is 2.91. The highest BCUT2D eigenvalue weighted by atomic mass is 32.2. The summed E-state index contributed by atoms with van der Waals surface area (Å²) in [5, 5.41) is 5.83. The molecule has 2 aliphatic rings. The van der Waals surface area contributed by atoms with E-state index in [4.69, 9.17) is 0 Å². The van der Waals surface area contributed by atoms with Gasteiger partial charge in [-0.2, -0.15) is 0 Å². The fraction of sp³-hybridized carbons (Fsp3) is 0.158. The fourth-order valence-corrected chi connectivity index (χ4v) is 3.88. The second-order valence-corrected chi connectivity index (χ2v) is 6.81. The van der Waals surface area contributed by atoms with E-state index in [0.717, 1.165) is 41.7 Å². The van der Waals surface area contributed by atoms with Crippen LogP contribution >= 0.6 is 11.8 Å². The molecule has 2 aliphatic heterocycles. The van der Waals surface area contributed by atoms with E-state index in [2.05, 4.69) is 20.6 Å². The molecule has 4 rings (SSSR count). The smallest absolute Gasteiger partial charge is 0.228 e. The number of carbonyl (C=O) groups excluding carboxylic acids is 1. The van der Waals surface area contributed by atoms with Gasteiger partial charge < -0.3 is 10.2 Å². The lowest BCUT2D eigenvalue weighted by atomic mass is 10.1. The molecule has 1 N–H and O–H groups in total. The third-order valence-electron chi connectivity index (χ3n) is 4.20. The van der Waals surface area contributed by atoms with E-state index >= 15 is 0 Å². The van der Waals surface area contributed by atoms with Gasteiger partial charge in [0.1, 0.15) is 11.6 Å².